The number of nitrogens with one attached hydrogen (secondary N) is 1. The van der Waals surface area contributed by atoms with Crippen LogP contribution in [0.15, 0.2) is 52.5 Å². The Morgan fingerprint density at radius 2 is 2.00 bits per heavy atom. The molecule has 19 heavy (non-hydrogen) atoms. The summed E-state index contributed by atoms with van der Waals surface area (Å²) in [6.07, 6.45) is 4.76. The Hall–Kier alpha value is -1.03. The highest BCUT2D eigenvalue weighted by molar-refractivity contribution is 7.99. The minimum atomic E-state index is 0.785. The lowest BCUT2D eigenvalue weighted by Gasteiger charge is -2.10. The summed E-state index contributed by atoms with van der Waals surface area (Å²) in [6.45, 7) is 4.03. The first kappa shape index (κ1) is 14.4. The van der Waals surface area contributed by atoms with Crippen LogP contribution in [0.1, 0.15) is 18.9 Å². The number of halogens is 1. The van der Waals surface area contributed by atoms with Gasteiger partial charge in [0, 0.05) is 33.8 Å². The normalized spacial score (nSPS) is 10.6. The van der Waals surface area contributed by atoms with Crippen LogP contribution in [0.3, 0.4) is 0 Å². The summed E-state index contributed by atoms with van der Waals surface area (Å²) in [6, 6.07) is 10.1. The van der Waals surface area contributed by atoms with E-state index in [-0.39, 0.29) is 0 Å². The van der Waals surface area contributed by atoms with E-state index in [1.807, 2.05) is 36.7 Å². The lowest BCUT2D eigenvalue weighted by atomic mass is 10.2. The monoisotopic (exact) mass is 292 g/mol. The van der Waals surface area contributed by atoms with Crippen LogP contribution in [0.5, 0.6) is 0 Å². The molecule has 4 heteroatoms. The summed E-state index contributed by atoms with van der Waals surface area (Å²) in [4.78, 5) is 6.46. The quantitative estimate of drug-likeness (QED) is 0.800. The van der Waals surface area contributed by atoms with Gasteiger partial charge in [-0.05, 0) is 48.9 Å². The molecule has 0 aliphatic heterocycles. The van der Waals surface area contributed by atoms with Gasteiger partial charge in [0.1, 0.15) is 0 Å². The summed E-state index contributed by atoms with van der Waals surface area (Å²) in [5.41, 5.74) is 1.24. The fourth-order valence-electron chi connectivity index (χ4n) is 1.72. The highest BCUT2D eigenvalue weighted by Gasteiger charge is 2.05. The van der Waals surface area contributed by atoms with E-state index in [1.54, 1.807) is 11.8 Å². The molecule has 100 valence electrons. The fourth-order valence-corrected chi connectivity index (χ4v) is 2.82. The smallest absolute Gasteiger partial charge is 0.0410 e. The van der Waals surface area contributed by atoms with E-state index >= 15 is 0 Å². The summed E-state index contributed by atoms with van der Waals surface area (Å²) < 4.78 is 0. The molecular formula is C15H17ClN2S. The van der Waals surface area contributed by atoms with Gasteiger partial charge in [-0.15, -0.1) is 0 Å². The topological polar surface area (TPSA) is 24.9 Å². The molecule has 0 atom stereocenters. The SMILES string of the molecule is CCCNCc1cc(Cl)ccc1Sc1ccncc1. The summed E-state index contributed by atoms with van der Waals surface area (Å²) in [5, 5.41) is 4.21. The van der Waals surface area contributed by atoms with Gasteiger partial charge in [-0.25, -0.2) is 0 Å². The molecule has 2 aromatic rings. The van der Waals surface area contributed by atoms with Gasteiger partial charge in [0.05, 0.1) is 0 Å². The average Bonchev–Trinajstić information content (AvgIpc) is 2.43. The predicted molar refractivity (Wildman–Crippen MR) is 81.8 cm³/mol. The van der Waals surface area contributed by atoms with Crippen molar-refractivity contribution in [1.29, 1.82) is 0 Å². The number of benzene rings is 1. The number of hydrogen-bond acceptors (Lipinski definition) is 3. The van der Waals surface area contributed by atoms with Gasteiger partial charge in [0.2, 0.25) is 0 Å². The summed E-state index contributed by atoms with van der Waals surface area (Å²) in [5.74, 6) is 0. The van der Waals surface area contributed by atoms with Gasteiger partial charge in [0.25, 0.3) is 0 Å². The molecule has 2 nitrogen and oxygen atoms in total. The van der Waals surface area contributed by atoms with Crippen LogP contribution >= 0.6 is 23.4 Å². The lowest BCUT2D eigenvalue weighted by molar-refractivity contribution is 0.669. The standard InChI is InChI=1S/C15H17ClN2S/c1-2-7-18-11-12-10-13(16)3-4-15(12)19-14-5-8-17-9-6-14/h3-6,8-10,18H,2,7,11H2,1H3. The van der Waals surface area contributed by atoms with Crippen molar-refractivity contribution in [3.63, 3.8) is 0 Å². The van der Waals surface area contributed by atoms with Crippen LogP contribution < -0.4 is 5.32 Å². The Balaban J connectivity index is 2.14. The molecule has 0 radical (unpaired) electrons. The van der Waals surface area contributed by atoms with Gasteiger partial charge in [-0.3, -0.25) is 4.98 Å². The maximum Gasteiger partial charge on any atom is 0.0410 e. The van der Waals surface area contributed by atoms with Crippen LogP contribution in [0.4, 0.5) is 0 Å². The molecule has 0 aliphatic carbocycles. The van der Waals surface area contributed by atoms with Crippen molar-refractivity contribution >= 4 is 23.4 Å². The number of aromatic nitrogens is 1. The van der Waals surface area contributed by atoms with Crippen molar-refractivity contribution in [3.05, 3.63) is 53.3 Å². The van der Waals surface area contributed by atoms with Gasteiger partial charge in [-0.1, -0.05) is 30.3 Å². The maximum atomic E-state index is 6.09. The zero-order valence-corrected chi connectivity index (χ0v) is 12.5. The maximum absolute atomic E-state index is 6.09. The predicted octanol–water partition coefficient (Wildman–Crippen LogP) is 4.39. The number of rotatable bonds is 6. The van der Waals surface area contributed by atoms with Gasteiger partial charge < -0.3 is 5.32 Å². The third-order valence-electron chi connectivity index (χ3n) is 2.64. The molecule has 0 saturated heterocycles. The van der Waals surface area contributed by atoms with Gasteiger partial charge in [-0.2, -0.15) is 0 Å². The molecule has 0 saturated carbocycles. The Bertz CT molecular complexity index is 517. The third kappa shape index (κ3) is 4.53. The first-order valence-corrected chi connectivity index (χ1v) is 7.56. The van der Waals surface area contributed by atoms with Crippen LogP contribution in [0, 0.1) is 0 Å². The molecule has 0 fully saturated rings. The average molecular weight is 293 g/mol. The molecule has 0 amide bonds. The minimum Gasteiger partial charge on any atom is -0.313 e. The molecule has 1 N–H and O–H groups in total. The van der Waals surface area contributed by atoms with Crippen molar-refractivity contribution in [3.8, 4) is 0 Å². The van der Waals surface area contributed by atoms with E-state index in [2.05, 4.69) is 23.3 Å². The van der Waals surface area contributed by atoms with Crippen molar-refractivity contribution in [1.82, 2.24) is 10.3 Å². The second-order valence-corrected chi connectivity index (χ2v) is 5.77. The number of pyridine rings is 1. The van der Waals surface area contributed by atoms with Crippen molar-refractivity contribution in [2.45, 2.75) is 29.7 Å². The van der Waals surface area contributed by atoms with Gasteiger partial charge >= 0.3 is 0 Å². The molecular weight excluding hydrogens is 276 g/mol. The Kier molecular flexibility index (Phi) is 5.70. The second-order valence-electron chi connectivity index (χ2n) is 4.21. The van der Waals surface area contributed by atoms with Gasteiger partial charge in [0.15, 0.2) is 0 Å². The Labute approximate surface area is 123 Å². The zero-order valence-electron chi connectivity index (χ0n) is 10.9. The fraction of sp³-hybridized carbons (Fsp3) is 0.267. The molecule has 1 aromatic heterocycles. The first-order chi connectivity index (χ1) is 9.29. The van der Waals surface area contributed by atoms with Crippen LogP contribution in [0.25, 0.3) is 0 Å². The Morgan fingerprint density at radius 1 is 1.21 bits per heavy atom. The lowest BCUT2D eigenvalue weighted by Crippen LogP contribution is -2.14. The van der Waals surface area contributed by atoms with Crippen molar-refractivity contribution in [2.75, 3.05) is 6.54 Å². The molecule has 0 unspecified atom stereocenters. The van der Waals surface area contributed by atoms with E-state index in [9.17, 15) is 0 Å². The first-order valence-electron chi connectivity index (χ1n) is 6.36. The zero-order chi connectivity index (χ0) is 13.5. The van der Waals surface area contributed by atoms with Crippen LogP contribution in [-0.2, 0) is 6.54 Å². The number of hydrogen-bond donors (Lipinski definition) is 1. The van der Waals surface area contributed by atoms with Crippen molar-refractivity contribution < 1.29 is 0 Å². The van der Waals surface area contributed by atoms with E-state index < -0.39 is 0 Å². The number of nitrogens with zero attached hydrogens (tertiary/aromatic N) is 1. The summed E-state index contributed by atoms with van der Waals surface area (Å²) in [7, 11) is 0. The molecule has 0 bridgehead atoms. The highest BCUT2D eigenvalue weighted by atomic mass is 35.5. The minimum absolute atomic E-state index is 0.785. The Morgan fingerprint density at radius 3 is 2.74 bits per heavy atom. The van der Waals surface area contributed by atoms with E-state index in [0.29, 0.717) is 0 Å². The summed E-state index contributed by atoms with van der Waals surface area (Å²) >= 11 is 7.83. The van der Waals surface area contributed by atoms with Crippen LogP contribution in [-0.4, -0.2) is 11.5 Å². The molecule has 2 rings (SSSR count). The highest BCUT2D eigenvalue weighted by Crippen LogP contribution is 2.31. The molecule has 0 aliphatic rings. The largest absolute Gasteiger partial charge is 0.313 e. The van der Waals surface area contributed by atoms with Crippen LogP contribution in [0.2, 0.25) is 5.02 Å². The molecule has 0 spiro atoms. The molecule has 1 aromatic carbocycles. The van der Waals surface area contributed by atoms with E-state index in [0.717, 1.165) is 24.5 Å². The van der Waals surface area contributed by atoms with E-state index in [4.69, 9.17) is 11.6 Å². The van der Waals surface area contributed by atoms with Crippen molar-refractivity contribution in [2.24, 2.45) is 0 Å². The third-order valence-corrected chi connectivity index (χ3v) is 4.00. The molecule has 1 heterocycles. The van der Waals surface area contributed by atoms with E-state index in [1.165, 1.54) is 15.4 Å². The second kappa shape index (κ2) is 7.53.